The molecule has 0 atom stereocenters. The minimum absolute atomic E-state index is 0. The van der Waals surface area contributed by atoms with Crippen molar-refractivity contribution in [2.24, 2.45) is 0 Å². The van der Waals surface area contributed by atoms with Crippen LogP contribution in [0.4, 0.5) is 0 Å². The van der Waals surface area contributed by atoms with Crippen molar-refractivity contribution in [2.45, 2.75) is 165 Å². The van der Waals surface area contributed by atoms with Gasteiger partial charge in [-0.2, -0.15) is 8.42 Å². The van der Waals surface area contributed by atoms with Gasteiger partial charge >= 0.3 is 37.7 Å². The summed E-state index contributed by atoms with van der Waals surface area (Å²) in [6.07, 6.45) is 26.2. The van der Waals surface area contributed by atoms with Crippen LogP contribution in [0.15, 0.2) is 94.7 Å². The Morgan fingerprint density at radius 3 is 1.31 bits per heavy atom. The van der Waals surface area contributed by atoms with E-state index in [0.717, 1.165) is 49.7 Å². The molecule has 0 amide bonds. The minimum Gasteiger partial charge on any atom is -0.872 e. The summed E-state index contributed by atoms with van der Waals surface area (Å²) in [5.41, 5.74) is 1.65. The maximum absolute atomic E-state index is 11.8. The third-order valence-corrected chi connectivity index (χ3v) is 12.0. The molecule has 4 aromatic carbocycles. The number of hydrogen-bond donors (Lipinski definition) is 2. The number of aryl methyl sites for hydroxylation is 2. The molecule has 0 fully saturated rings. The molecule has 0 aliphatic heterocycles. The molecule has 4 rings (SSSR count). The second-order valence-electron chi connectivity index (χ2n) is 15.5. The van der Waals surface area contributed by atoms with Crippen molar-refractivity contribution in [3.05, 3.63) is 96.1 Å². The number of unbranched alkanes of at least 4 members (excludes halogenated alkanes) is 18. The van der Waals surface area contributed by atoms with Crippen LogP contribution < -0.4 is 14.6 Å². The normalized spacial score (nSPS) is 11.3. The quantitative estimate of drug-likeness (QED) is 0.0317. The molecule has 0 saturated carbocycles. The largest absolute Gasteiger partial charge is 2.00 e. The molecular weight excluding hydrogens is 841 g/mol. The topological polar surface area (TPSA) is 173 Å². The Kier molecular flexibility index (Phi) is 27.0. The number of rotatable bonds is 28. The van der Waals surface area contributed by atoms with Gasteiger partial charge in [-0.05, 0) is 85.3 Å². The van der Waals surface area contributed by atoms with E-state index in [1.807, 2.05) is 6.07 Å². The molecular formula is C48H66CaO10S2. The van der Waals surface area contributed by atoms with Gasteiger partial charge in [0.25, 0.3) is 10.1 Å². The molecule has 10 nitrogen and oxygen atoms in total. The predicted molar refractivity (Wildman–Crippen MR) is 242 cm³/mol. The SMILES string of the molecule is CCCCCCCCCCCCc1ccc(Oc2cccc(O)c2)c(S(=O)(=O)O)c1.CCCCCCCCCCCCc1ccc(Oc2cccc([O-])c2)c(S(=O)(=O)[O-])c1.[Ca+2]. The van der Waals surface area contributed by atoms with Crippen molar-refractivity contribution < 1.29 is 45.6 Å². The summed E-state index contributed by atoms with van der Waals surface area (Å²) in [5, 5.41) is 21.0. The fourth-order valence-electron chi connectivity index (χ4n) is 6.95. The Morgan fingerprint density at radius 1 is 0.508 bits per heavy atom. The predicted octanol–water partition coefficient (Wildman–Crippen LogP) is 12.4. The number of phenols is 1. The van der Waals surface area contributed by atoms with Crippen molar-refractivity contribution in [1.82, 2.24) is 0 Å². The summed E-state index contributed by atoms with van der Waals surface area (Å²) in [5.74, 6) is 0.240. The fourth-order valence-corrected chi connectivity index (χ4v) is 8.27. The third-order valence-electron chi connectivity index (χ3n) is 10.3. The third kappa shape index (κ3) is 22.9. The van der Waals surface area contributed by atoms with Crippen molar-refractivity contribution in [3.8, 4) is 34.5 Å². The number of hydrogen-bond acceptors (Lipinski definition) is 9. The molecule has 13 heteroatoms. The van der Waals surface area contributed by atoms with Crippen LogP contribution >= 0.6 is 0 Å². The van der Waals surface area contributed by atoms with E-state index in [9.17, 15) is 36.2 Å². The molecule has 0 radical (unpaired) electrons. The van der Waals surface area contributed by atoms with Gasteiger partial charge in [0.2, 0.25) is 0 Å². The first-order valence-electron chi connectivity index (χ1n) is 21.9. The molecule has 0 spiro atoms. The van der Waals surface area contributed by atoms with Gasteiger partial charge in [-0.15, -0.1) is 5.75 Å². The van der Waals surface area contributed by atoms with Gasteiger partial charge in [-0.3, -0.25) is 4.55 Å². The molecule has 0 aromatic heterocycles. The zero-order chi connectivity index (χ0) is 43.6. The van der Waals surface area contributed by atoms with E-state index in [2.05, 4.69) is 13.8 Å². The monoisotopic (exact) mass is 906 g/mol. The van der Waals surface area contributed by atoms with Crippen LogP contribution in [-0.2, 0) is 33.1 Å². The van der Waals surface area contributed by atoms with Gasteiger partial charge in [0, 0.05) is 6.07 Å². The van der Waals surface area contributed by atoms with Crippen molar-refractivity contribution in [1.29, 1.82) is 0 Å². The van der Waals surface area contributed by atoms with Crippen LogP contribution in [0, 0.1) is 0 Å². The summed E-state index contributed by atoms with van der Waals surface area (Å²) in [7, 11) is -9.12. The van der Waals surface area contributed by atoms with E-state index in [1.165, 1.54) is 151 Å². The number of aromatic hydroxyl groups is 1. The number of phenolic OH excluding ortho intramolecular Hbond substituents is 1. The second-order valence-corrected chi connectivity index (χ2v) is 18.3. The van der Waals surface area contributed by atoms with Gasteiger partial charge < -0.3 is 24.2 Å². The first-order valence-corrected chi connectivity index (χ1v) is 24.8. The van der Waals surface area contributed by atoms with Crippen LogP contribution in [0.2, 0.25) is 0 Å². The fraction of sp³-hybridized carbons (Fsp3) is 0.500. The van der Waals surface area contributed by atoms with E-state index >= 15 is 0 Å². The average Bonchev–Trinajstić information content (AvgIpc) is 3.20. The molecule has 0 bridgehead atoms. The minimum atomic E-state index is -4.69. The average molecular weight is 907 g/mol. The first kappa shape index (κ1) is 54.3. The van der Waals surface area contributed by atoms with Gasteiger partial charge in [-0.25, -0.2) is 8.42 Å². The van der Waals surface area contributed by atoms with Gasteiger partial charge in [0.15, 0.2) is 0 Å². The Bertz CT molecular complexity index is 1910. The van der Waals surface area contributed by atoms with Crippen LogP contribution in [-0.4, -0.2) is 68.8 Å². The maximum atomic E-state index is 11.8. The summed E-state index contributed by atoms with van der Waals surface area (Å²) < 4.78 is 79.5. The van der Waals surface area contributed by atoms with E-state index in [1.54, 1.807) is 30.3 Å². The Labute approximate surface area is 396 Å². The van der Waals surface area contributed by atoms with Crippen molar-refractivity contribution >= 4 is 58.0 Å². The molecule has 0 aliphatic rings. The zero-order valence-electron chi connectivity index (χ0n) is 36.3. The Morgan fingerprint density at radius 2 is 0.902 bits per heavy atom. The second kappa shape index (κ2) is 30.3. The van der Waals surface area contributed by atoms with Crippen LogP contribution in [0.25, 0.3) is 0 Å². The molecule has 0 saturated heterocycles. The van der Waals surface area contributed by atoms with Gasteiger partial charge in [0.05, 0.1) is 4.90 Å². The van der Waals surface area contributed by atoms with Crippen LogP contribution in [0.1, 0.15) is 153 Å². The van der Waals surface area contributed by atoms with E-state index in [-0.39, 0.29) is 76.3 Å². The molecule has 0 aliphatic carbocycles. The molecule has 332 valence electrons. The van der Waals surface area contributed by atoms with E-state index < -0.39 is 20.2 Å². The Balaban J connectivity index is 0.000000413. The number of ether oxygens (including phenoxy) is 2. The molecule has 4 aromatic rings. The smallest absolute Gasteiger partial charge is 0.872 e. The molecule has 0 unspecified atom stereocenters. The molecule has 2 N–H and O–H groups in total. The molecule has 0 heterocycles. The van der Waals surface area contributed by atoms with Gasteiger partial charge in [-0.1, -0.05) is 160 Å². The van der Waals surface area contributed by atoms with Gasteiger partial charge in [0.1, 0.15) is 43.8 Å². The zero-order valence-corrected chi connectivity index (χ0v) is 40.2. The van der Waals surface area contributed by atoms with Crippen LogP contribution in [0.3, 0.4) is 0 Å². The van der Waals surface area contributed by atoms with Crippen molar-refractivity contribution in [3.63, 3.8) is 0 Å². The summed E-state index contributed by atoms with van der Waals surface area (Å²) in [4.78, 5) is -0.640. The summed E-state index contributed by atoms with van der Waals surface area (Å²) in [6.45, 7) is 4.46. The number of benzene rings is 4. The summed E-state index contributed by atoms with van der Waals surface area (Å²) >= 11 is 0. The molecule has 61 heavy (non-hydrogen) atoms. The van der Waals surface area contributed by atoms with Crippen LogP contribution in [0.5, 0.6) is 34.5 Å². The van der Waals surface area contributed by atoms with E-state index in [0.29, 0.717) is 5.75 Å². The first-order chi connectivity index (χ1) is 28.8. The summed E-state index contributed by atoms with van der Waals surface area (Å²) in [6, 6.07) is 21.3. The standard InChI is InChI=1S/2C24H34O5S.Ca/c2*1-2-3-4-5-6-7-8-9-10-11-13-20-16-17-23(24(18-20)30(26,27)28)29-22-15-12-14-21(25)19-22;/h2*12,14-19,25H,2-11,13H2,1H3,(H,26,27,28);/q;;+2/p-2. The van der Waals surface area contributed by atoms with E-state index in [4.69, 9.17) is 9.47 Å². The Hall–Kier alpha value is -2.84. The maximum Gasteiger partial charge on any atom is 2.00 e. The van der Waals surface area contributed by atoms with Crippen molar-refractivity contribution in [2.75, 3.05) is 0 Å².